The van der Waals surface area contributed by atoms with Crippen molar-refractivity contribution in [2.75, 3.05) is 22.9 Å². The molecule has 4 nitrogen and oxygen atoms in total. The van der Waals surface area contributed by atoms with Crippen LogP contribution in [-0.4, -0.2) is 0 Å². The third kappa shape index (κ3) is 4.62. The van der Waals surface area contributed by atoms with Crippen molar-refractivity contribution in [1.82, 2.24) is 0 Å². The fourth-order valence-corrected chi connectivity index (χ4v) is 2.84. The van der Waals surface area contributed by atoms with Crippen LogP contribution in [0.15, 0.2) is 97.1 Å². The molecule has 140 valence electrons. The zero-order valence-corrected chi connectivity index (χ0v) is 15.5. The summed E-state index contributed by atoms with van der Waals surface area (Å²) in [5.41, 5.74) is 30.3. The van der Waals surface area contributed by atoms with Crippen molar-refractivity contribution in [1.29, 1.82) is 0 Å². The van der Waals surface area contributed by atoms with Crippen LogP contribution in [0.3, 0.4) is 0 Å². The summed E-state index contributed by atoms with van der Waals surface area (Å²) in [6.07, 6.45) is 0. The lowest BCUT2D eigenvalue weighted by Crippen LogP contribution is -1.93. The van der Waals surface area contributed by atoms with E-state index in [1.165, 1.54) is 0 Å². The highest BCUT2D eigenvalue weighted by Crippen LogP contribution is 2.29. The largest absolute Gasteiger partial charge is 0.399 e. The van der Waals surface area contributed by atoms with Crippen molar-refractivity contribution >= 4 is 22.7 Å². The summed E-state index contributed by atoms with van der Waals surface area (Å²) in [6.45, 7) is 0. The van der Waals surface area contributed by atoms with Crippen molar-refractivity contribution in [2.24, 2.45) is 0 Å². The molecule has 0 heterocycles. The maximum absolute atomic E-state index is 5.87. The average molecular weight is 368 g/mol. The van der Waals surface area contributed by atoms with E-state index in [2.05, 4.69) is 0 Å². The Bertz CT molecular complexity index is 952. The van der Waals surface area contributed by atoms with Crippen LogP contribution in [0.2, 0.25) is 0 Å². The molecule has 0 aliphatic rings. The Morgan fingerprint density at radius 1 is 0.357 bits per heavy atom. The monoisotopic (exact) mass is 368 g/mol. The second-order valence-corrected chi connectivity index (χ2v) is 6.42. The van der Waals surface area contributed by atoms with Crippen LogP contribution < -0.4 is 22.9 Å². The maximum Gasteiger partial charge on any atom is 0.0394 e. The number of nitrogen functional groups attached to an aromatic ring is 4. The van der Waals surface area contributed by atoms with Gasteiger partial charge < -0.3 is 22.9 Å². The number of benzene rings is 4. The molecule has 0 atom stereocenters. The number of para-hydroxylation sites is 2. The summed E-state index contributed by atoms with van der Waals surface area (Å²) >= 11 is 0. The van der Waals surface area contributed by atoms with Gasteiger partial charge in [-0.25, -0.2) is 0 Å². The first-order valence-electron chi connectivity index (χ1n) is 8.95. The minimum Gasteiger partial charge on any atom is -0.399 e. The van der Waals surface area contributed by atoms with E-state index in [1.54, 1.807) is 0 Å². The first-order chi connectivity index (χ1) is 13.5. The molecule has 0 saturated carbocycles. The Morgan fingerprint density at radius 3 is 1.00 bits per heavy atom. The van der Waals surface area contributed by atoms with Crippen LogP contribution in [-0.2, 0) is 0 Å². The summed E-state index contributed by atoms with van der Waals surface area (Å²) in [4.78, 5) is 0. The number of hydrogen-bond donors (Lipinski definition) is 4. The standard InChI is InChI=1S/2C12H12N2/c13-11-5-1-9(2-6-11)10-3-7-12(14)8-4-10;13-11-7-3-1-5-9(11)10-6-2-4-8-12(10)14/h2*1-8H,13-14H2. The molecule has 0 fully saturated rings. The van der Waals surface area contributed by atoms with E-state index in [9.17, 15) is 0 Å². The normalized spacial score (nSPS) is 10.0. The summed E-state index contributed by atoms with van der Waals surface area (Å²) in [5.74, 6) is 0. The second kappa shape index (κ2) is 8.64. The van der Waals surface area contributed by atoms with Crippen molar-refractivity contribution in [3.05, 3.63) is 97.1 Å². The zero-order valence-electron chi connectivity index (χ0n) is 15.5. The molecule has 4 heteroatoms. The average Bonchev–Trinajstić information content (AvgIpc) is 2.71. The van der Waals surface area contributed by atoms with Gasteiger partial charge in [-0.2, -0.15) is 0 Å². The third-order valence-corrected chi connectivity index (χ3v) is 4.37. The fourth-order valence-electron chi connectivity index (χ4n) is 2.84. The maximum atomic E-state index is 5.87. The molecular weight excluding hydrogens is 344 g/mol. The minimum absolute atomic E-state index is 0.755. The number of rotatable bonds is 2. The van der Waals surface area contributed by atoms with E-state index in [4.69, 9.17) is 22.9 Å². The van der Waals surface area contributed by atoms with E-state index in [0.717, 1.165) is 45.0 Å². The van der Waals surface area contributed by atoms with Crippen LogP contribution in [0, 0.1) is 0 Å². The summed E-state index contributed by atoms with van der Waals surface area (Å²) in [6, 6.07) is 31.0. The third-order valence-electron chi connectivity index (χ3n) is 4.37. The number of nitrogens with two attached hydrogens (primary N) is 4. The van der Waals surface area contributed by atoms with Crippen LogP contribution in [0.25, 0.3) is 22.3 Å². The van der Waals surface area contributed by atoms with Gasteiger partial charge in [0.1, 0.15) is 0 Å². The smallest absolute Gasteiger partial charge is 0.0394 e. The second-order valence-electron chi connectivity index (χ2n) is 6.42. The highest BCUT2D eigenvalue weighted by atomic mass is 14.6. The molecule has 0 aliphatic heterocycles. The lowest BCUT2D eigenvalue weighted by atomic mass is 10.0. The van der Waals surface area contributed by atoms with Crippen LogP contribution in [0.4, 0.5) is 22.7 Å². The van der Waals surface area contributed by atoms with Gasteiger partial charge in [0.15, 0.2) is 0 Å². The van der Waals surface area contributed by atoms with Gasteiger partial charge in [-0.15, -0.1) is 0 Å². The van der Waals surface area contributed by atoms with E-state index in [0.29, 0.717) is 0 Å². The highest BCUT2D eigenvalue weighted by Gasteiger charge is 2.03. The Hall–Kier alpha value is -3.92. The molecule has 4 rings (SSSR count). The Kier molecular flexibility index (Phi) is 5.82. The SMILES string of the molecule is Nc1ccc(-c2ccc(N)cc2)cc1.Nc1ccccc1-c1ccccc1N. The van der Waals surface area contributed by atoms with Crippen LogP contribution >= 0.6 is 0 Å². The molecule has 0 aromatic heterocycles. The van der Waals surface area contributed by atoms with Gasteiger partial charge in [0.05, 0.1) is 0 Å². The molecule has 0 saturated heterocycles. The lowest BCUT2D eigenvalue weighted by molar-refractivity contribution is 1.60. The van der Waals surface area contributed by atoms with Gasteiger partial charge in [0, 0.05) is 33.9 Å². The molecule has 0 radical (unpaired) electrons. The molecular formula is C24H24N4. The molecule has 4 aromatic carbocycles. The number of hydrogen-bond acceptors (Lipinski definition) is 4. The minimum atomic E-state index is 0.755. The van der Waals surface area contributed by atoms with Crippen molar-refractivity contribution < 1.29 is 0 Å². The van der Waals surface area contributed by atoms with Crippen LogP contribution in [0.5, 0.6) is 0 Å². The van der Waals surface area contributed by atoms with E-state index < -0.39 is 0 Å². The Labute approximate surface area is 165 Å². The van der Waals surface area contributed by atoms with Crippen molar-refractivity contribution in [2.45, 2.75) is 0 Å². The van der Waals surface area contributed by atoms with Gasteiger partial charge in [-0.05, 0) is 47.5 Å². The van der Waals surface area contributed by atoms with E-state index in [1.807, 2.05) is 97.1 Å². The quantitative estimate of drug-likeness (QED) is 0.372. The van der Waals surface area contributed by atoms with Crippen molar-refractivity contribution in [3.63, 3.8) is 0 Å². The lowest BCUT2D eigenvalue weighted by Gasteiger charge is -2.07. The Balaban J connectivity index is 0.000000161. The zero-order chi connectivity index (χ0) is 19.9. The summed E-state index contributed by atoms with van der Waals surface area (Å²) in [5, 5.41) is 0. The predicted molar refractivity (Wildman–Crippen MR) is 121 cm³/mol. The Morgan fingerprint density at radius 2 is 0.679 bits per heavy atom. The molecule has 4 aromatic rings. The van der Waals surface area contributed by atoms with Crippen LogP contribution in [0.1, 0.15) is 0 Å². The topological polar surface area (TPSA) is 104 Å². The highest BCUT2D eigenvalue weighted by molar-refractivity contribution is 5.83. The van der Waals surface area contributed by atoms with Gasteiger partial charge in [-0.3, -0.25) is 0 Å². The summed E-state index contributed by atoms with van der Waals surface area (Å²) in [7, 11) is 0. The molecule has 0 aliphatic carbocycles. The molecule has 0 amide bonds. The fraction of sp³-hybridized carbons (Fsp3) is 0. The van der Waals surface area contributed by atoms with E-state index in [-0.39, 0.29) is 0 Å². The molecule has 0 bridgehead atoms. The van der Waals surface area contributed by atoms with Crippen molar-refractivity contribution in [3.8, 4) is 22.3 Å². The molecule has 0 unspecified atom stereocenters. The molecule has 8 N–H and O–H groups in total. The number of anilines is 4. The molecule has 0 spiro atoms. The first kappa shape index (κ1) is 18.9. The van der Waals surface area contributed by atoms with Gasteiger partial charge >= 0.3 is 0 Å². The van der Waals surface area contributed by atoms with Gasteiger partial charge in [0.2, 0.25) is 0 Å². The first-order valence-corrected chi connectivity index (χ1v) is 8.95. The van der Waals surface area contributed by atoms with Gasteiger partial charge in [-0.1, -0.05) is 60.7 Å². The molecule has 28 heavy (non-hydrogen) atoms. The van der Waals surface area contributed by atoms with E-state index >= 15 is 0 Å². The van der Waals surface area contributed by atoms with Gasteiger partial charge in [0.25, 0.3) is 0 Å². The predicted octanol–water partition coefficient (Wildman–Crippen LogP) is 5.04. The summed E-state index contributed by atoms with van der Waals surface area (Å²) < 4.78 is 0.